The van der Waals surface area contributed by atoms with Gasteiger partial charge in [-0.3, -0.25) is 4.79 Å². The van der Waals surface area contributed by atoms with Crippen LogP contribution >= 0.6 is 0 Å². The number of rotatable bonds is 6. The van der Waals surface area contributed by atoms with Crippen molar-refractivity contribution in [3.8, 4) is 0 Å². The van der Waals surface area contributed by atoms with Crippen molar-refractivity contribution in [3.05, 3.63) is 33.8 Å². The molecule has 0 radical (unpaired) electrons. The average molecular weight is 279 g/mol. The summed E-state index contributed by atoms with van der Waals surface area (Å²) in [5, 5.41) is 25.7. The van der Waals surface area contributed by atoms with E-state index in [4.69, 9.17) is 5.53 Å². The summed E-state index contributed by atoms with van der Waals surface area (Å²) in [4.78, 5) is 17.6. The maximum atomic E-state index is 10.9. The smallest absolute Gasteiger partial charge is 0.222 e. The highest BCUT2D eigenvalue weighted by molar-refractivity contribution is 5.87. The molecule has 0 spiro atoms. The number of aromatic nitrogens is 1. The lowest BCUT2D eigenvalue weighted by molar-refractivity contribution is -0.114. The zero-order valence-electron chi connectivity index (χ0n) is 11.3. The molecule has 0 saturated heterocycles. The Morgan fingerprint density at radius 1 is 1.55 bits per heavy atom. The minimum atomic E-state index is -1.12. The van der Waals surface area contributed by atoms with E-state index in [1.165, 1.54) is 6.92 Å². The van der Waals surface area contributed by atoms with Crippen LogP contribution < -0.4 is 5.32 Å². The molecule has 0 aliphatic carbocycles. The number of anilines is 1. The monoisotopic (exact) mass is 279 g/mol. The van der Waals surface area contributed by atoms with Crippen LogP contribution in [0, 0.1) is 6.92 Å². The number of carbonyl (C=O) groups excluding carboxylic acids is 1. The summed E-state index contributed by atoms with van der Waals surface area (Å²) in [5.74, 6) is 0.147. The van der Waals surface area contributed by atoms with Crippen molar-refractivity contribution in [2.75, 3.05) is 11.9 Å². The van der Waals surface area contributed by atoms with E-state index in [2.05, 4.69) is 20.3 Å². The molecule has 1 amide bonds. The number of aryl methyl sites for hydroxylation is 1. The molecule has 1 aromatic heterocycles. The van der Waals surface area contributed by atoms with Crippen LogP contribution in [0.25, 0.3) is 10.4 Å². The third-order valence-corrected chi connectivity index (χ3v) is 2.70. The zero-order valence-corrected chi connectivity index (χ0v) is 11.3. The van der Waals surface area contributed by atoms with Gasteiger partial charge in [-0.25, -0.2) is 4.98 Å². The molecule has 1 aromatic rings. The summed E-state index contributed by atoms with van der Waals surface area (Å²) in [5.41, 5.74) is 9.12. The van der Waals surface area contributed by atoms with E-state index in [9.17, 15) is 15.0 Å². The highest BCUT2D eigenvalue weighted by atomic mass is 16.3. The first-order valence-corrected chi connectivity index (χ1v) is 6.07. The van der Waals surface area contributed by atoms with Gasteiger partial charge in [0.2, 0.25) is 5.91 Å². The van der Waals surface area contributed by atoms with Crippen LogP contribution in [0.5, 0.6) is 0 Å². The van der Waals surface area contributed by atoms with Crippen LogP contribution in [0.3, 0.4) is 0 Å². The van der Waals surface area contributed by atoms with Crippen molar-refractivity contribution >= 4 is 11.7 Å². The number of pyridine rings is 1. The van der Waals surface area contributed by atoms with E-state index in [0.29, 0.717) is 17.1 Å². The van der Waals surface area contributed by atoms with Crippen LogP contribution in [0.15, 0.2) is 17.2 Å². The van der Waals surface area contributed by atoms with Crippen LogP contribution in [0.4, 0.5) is 5.82 Å². The number of nitrogens with one attached hydrogen (secondary N) is 1. The summed E-state index contributed by atoms with van der Waals surface area (Å²) in [6.07, 6.45) is -2.02. The summed E-state index contributed by atoms with van der Waals surface area (Å²) < 4.78 is 0. The molecule has 1 heterocycles. The lowest BCUT2D eigenvalue weighted by Gasteiger charge is -2.19. The van der Waals surface area contributed by atoms with E-state index in [1.54, 1.807) is 19.1 Å². The van der Waals surface area contributed by atoms with Gasteiger partial charge in [-0.05, 0) is 24.9 Å². The topological polar surface area (TPSA) is 131 Å². The number of amides is 1. The second kappa shape index (κ2) is 7.44. The molecule has 20 heavy (non-hydrogen) atoms. The minimum Gasteiger partial charge on any atom is -0.390 e. The van der Waals surface area contributed by atoms with Gasteiger partial charge < -0.3 is 15.5 Å². The lowest BCUT2D eigenvalue weighted by Crippen LogP contribution is -2.20. The van der Waals surface area contributed by atoms with Gasteiger partial charge in [-0.2, -0.15) is 0 Å². The fourth-order valence-electron chi connectivity index (χ4n) is 1.73. The van der Waals surface area contributed by atoms with Gasteiger partial charge in [0.15, 0.2) is 0 Å². The van der Waals surface area contributed by atoms with Crippen molar-refractivity contribution in [2.45, 2.75) is 32.5 Å². The van der Waals surface area contributed by atoms with Crippen LogP contribution in [0.2, 0.25) is 0 Å². The summed E-state index contributed by atoms with van der Waals surface area (Å²) in [6.45, 7) is 3.15. The van der Waals surface area contributed by atoms with E-state index < -0.39 is 12.2 Å². The zero-order chi connectivity index (χ0) is 15.1. The number of hydrogen-bond donors (Lipinski definition) is 3. The number of aliphatic hydroxyl groups excluding tert-OH is 2. The molecular formula is C12H17N5O3. The van der Waals surface area contributed by atoms with E-state index >= 15 is 0 Å². The first-order chi connectivity index (χ1) is 9.45. The first kappa shape index (κ1) is 15.9. The maximum Gasteiger partial charge on any atom is 0.222 e. The van der Waals surface area contributed by atoms with Crippen molar-refractivity contribution in [2.24, 2.45) is 5.11 Å². The molecule has 0 aromatic carbocycles. The van der Waals surface area contributed by atoms with Gasteiger partial charge in [0.05, 0.1) is 6.10 Å². The molecule has 8 heteroatoms. The highest BCUT2D eigenvalue weighted by Crippen LogP contribution is 2.22. The quantitative estimate of drug-likeness (QED) is 0.413. The molecule has 0 aliphatic heterocycles. The highest BCUT2D eigenvalue weighted by Gasteiger charge is 2.20. The second-order valence-corrected chi connectivity index (χ2v) is 4.31. The van der Waals surface area contributed by atoms with Crippen LogP contribution in [-0.4, -0.2) is 33.8 Å². The molecule has 8 nitrogen and oxygen atoms in total. The Hall–Kier alpha value is -2.15. The number of azide groups is 1. The Balaban J connectivity index is 2.79. The molecule has 0 bridgehead atoms. The summed E-state index contributed by atoms with van der Waals surface area (Å²) in [6, 6.07) is 3.14. The second-order valence-electron chi connectivity index (χ2n) is 4.31. The molecule has 0 fully saturated rings. The van der Waals surface area contributed by atoms with E-state index in [-0.39, 0.29) is 18.9 Å². The van der Waals surface area contributed by atoms with Crippen molar-refractivity contribution in [1.29, 1.82) is 0 Å². The Bertz CT molecular complexity index is 528. The third-order valence-electron chi connectivity index (χ3n) is 2.70. The molecule has 0 saturated carbocycles. The predicted octanol–water partition coefficient (Wildman–Crippen LogP) is 1.44. The average Bonchev–Trinajstić information content (AvgIpc) is 2.37. The Kier molecular flexibility index (Phi) is 5.92. The molecule has 2 atom stereocenters. The largest absolute Gasteiger partial charge is 0.390 e. The minimum absolute atomic E-state index is 0.102. The van der Waals surface area contributed by atoms with Crippen molar-refractivity contribution in [3.63, 3.8) is 0 Å². The van der Waals surface area contributed by atoms with Crippen LogP contribution in [-0.2, 0) is 4.79 Å². The van der Waals surface area contributed by atoms with Crippen molar-refractivity contribution < 1.29 is 15.0 Å². The molecular weight excluding hydrogens is 262 g/mol. The van der Waals surface area contributed by atoms with Gasteiger partial charge in [-0.15, -0.1) is 0 Å². The Morgan fingerprint density at radius 2 is 2.25 bits per heavy atom. The summed E-state index contributed by atoms with van der Waals surface area (Å²) >= 11 is 0. The lowest BCUT2D eigenvalue weighted by atomic mass is 10.0. The van der Waals surface area contributed by atoms with E-state index in [0.717, 1.165) is 0 Å². The fourth-order valence-corrected chi connectivity index (χ4v) is 1.73. The van der Waals surface area contributed by atoms with Gasteiger partial charge in [0, 0.05) is 29.6 Å². The number of carbonyl (C=O) groups is 1. The Labute approximate surface area is 116 Å². The molecule has 108 valence electrons. The van der Waals surface area contributed by atoms with Gasteiger partial charge >= 0.3 is 0 Å². The normalized spacial score (nSPS) is 13.2. The SMILES string of the molecule is CC(=O)Nc1ccc(C(O)C(O)CCN=[N+]=[N-])c(C)n1. The van der Waals surface area contributed by atoms with Crippen LogP contribution in [0.1, 0.15) is 30.7 Å². The number of nitrogens with zero attached hydrogens (tertiary/aromatic N) is 4. The predicted molar refractivity (Wildman–Crippen MR) is 72.9 cm³/mol. The first-order valence-electron chi connectivity index (χ1n) is 6.07. The molecule has 0 aliphatic rings. The molecule has 3 N–H and O–H groups in total. The maximum absolute atomic E-state index is 10.9. The molecule has 2 unspecified atom stereocenters. The molecule has 1 rings (SSSR count). The van der Waals surface area contributed by atoms with Crippen molar-refractivity contribution in [1.82, 2.24) is 4.98 Å². The van der Waals surface area contributed by atoms with Gasteiger partial charge in [0.1, 0.15) is 11.9 Å². The van der Waals surface area contributed by atoms with E-state index in [1.807, 2.05) is 0 Å². The standard InChI is InChI=1S/C12H17N5O3/c1-7-9(3-4-11(15-7)16-8(2)18)12(20)10(19)5-6-14-17-13/h3-4,10,12,19-20H,5-6H2,1-2H3,(H,15,16,18). The number of hydrogen-bond acceptors (Lipinski definition) is 5. The number of aliphatic hydroxyl groups is 2. The summed E-state index contributed by atoms with van der Waals surface area (Å²) in [7, 11) is 0. The fraction of sp³-hybridized carbons (Fsp3) is 0.500. The van der Waals surface area contributed by atoms with Gasteiger partial charge in [-0.1, -0.05) is 11.2 Å². The Morgan fingerprint density at radius 3 is 2.80 bits per heavy atom. The van der Waals surface area contributed by atoms with Gasteiger partial charge in [0.25, 0.3) is 0 Å². The third kappa shape index (κ3) is 4.51.